The van der Waals surface area contributed by atoms with Gasteiger partial charge in [0.2, 0.25) is 0 Å². The minimum absolute atomic E-state index is 0.136. The number of aromatic nitrogens is 4. The third-order valence-corrected chi connectivity index (χ3v) is 7.87. The number of allylic oxidation sites excluding steroid dienone is 4. The molecule has 0 amide bonds. The normalized spacial score (nSPS) is 18.4. The van der Waals surface area contributed by atoms with E-state index < -0.39 is 0 Å². The summed E-state index contributed by atoms with van der Waals surface area (Å²) in [5, 5.41) is 8.67. The number of hydrogen-bond donors (Lipinski definition) is 1. The van der Waals surface area contributed by atoms with E-state index in [1.165, 1.54) is 5.57 Å². The molecule has 4 aromatic rings. The van der Waals surface area contributed by atoms with Gasteiger partial charge in [0.05, 0.1) is 41.1 Å². The van der Waals surface area contributed by atoms with E-state index in [-0.39, 0.29) is 6.04 Å². The smallest absolute Gasteiger partial charge is 0.141 e. The Labute approximate surface area is 222 Å². The highest BCUT2D eigenvalue weighted by Crippen LogP contribution is 2.41. The van der Waals surface area contributed by atoms with Crippen LogP contribution >= 0.6 is 0 Å². The van der Waals surface area contributed by atoms with Crippen LogP contribution in [-0.2, 0) is 11.3 Å². The first-order chi connectivity index (χ1) is 18.5. The van der Waals surface area contributed by atoms with Crippen LogP contribution in [-0.4, -0.2) is 46.5 Å². The Bertz CT molecular complexity index is 1520. The predicted molar refractivity (Wildman–Crippen MR) is 148 cm³/mol. The minimum atomic E-state index is 0.136. The Morgan fingerprint density at radius 3 is 2.84 bits per heavy atom. The van der Waals surface area contributed by atoms with E-state index in [1.54, 1.807) is 7.11 Å². The number of rotatable bonds is 8. The van der Waals surface area contributed by atoms with Gasteiger partial charge in [0.1, 0.15) is 29.5 Å². The van der Waals surface area contributed by atoms with Gasteiger partial charge in [-0.25, -0.2) is 4.98 Å². The summed E-state index contributed by atoms with van der Waals surface area (Å²) in [5.41, 5.74) is 6.96. The van der Waals surface area contributed by atoms with E-state index >= 15 is 0 Å². The molecule has 2 aliphatic rings. The Morgan fingerprint density at radius 1 is 1.24 bits per heavy atom. The minimum Gasteiger partial charge on any atom is -0.493 e. The standard InChI is InChI=1S/C30H35N5O3/c1-18-29(20(3)38-34-18)24-12-25-23(13-27(24)37-16-21-10-11-31-14-21)30-26(15-32-25)33-28(17-36-4)35(30)19(2)22-8-6-5-7-9-22/h5-6,8,12-13,15,19,21,31H,7,9-11,14,16-17H2,1-4H3. The largest absolute Gasteiger partial charge is 0.493 e. The van der Waals surface area contributed by atoms with Crippen molar-refractivity contribution in [2.24, 2.45) is 5.92 Å². The number of benzene rings is 1. The van der Waals surface area contributed by atoms with Crippen LogP contribution in [0.25, 0.3) is 33.1 Å². The molecule has 0 saturated carbocycles. The fourth-order valence-electron chi connectivity index (χ4n) is 5.88. The molecule has 4 heterocycles. The Morgan fingerprint density at radius 2 is 2.13 bits per heavy atom. The molecule has 1 aromatic carbocycles. The van der Waals surface area contributed by atoms with E-state index in [1.807, 2.05) is 20.0 Å². The predicted octanol–water partition coefficient (Wildman–Crippen LogP) is 5.83. The number of methoxy groups -OCH3 is 1. The van der Waals surface area contributed by atoms with Crippen LogP contribution in [0.1, 0.15) is 49.5 Å². The van der Waals surface area contributed by atoms with Gasteiger partial charge >= 0.3 is 0 Å². The molecule has 3 aromatic heterocycles. The number of imidazole rings is 1. The summed E-state index contributed by atoms with van der Waals surface area (Å²) < 4.78 is 20.0. The molecule has 198 valence electrons. The number of nitrogens with one attached hydrogen (secondary N) is 1. The van der Waals surface area contributed by atoms with Crippen molar-refractivity contribution in [3.05, 3.63) is 59.4 Å². The average molecular weight is 514 g/mol. The van der Waals surface area contributed by atoms with E-state index in [9.17, 15) is 0 Å². The first-order valence-corrected chi connectivity index (χ1v) is 13.5. The topological polar surface area (TPSA) is 87.2 Å². The van der Waals surface area contributed by atoms with Crippen molar-refractivity contribution >= 4 is 21.9 Å². The fourth-order valence-corrected chi connectivity index (χ4v) is 5.88. The molecule has 1 fully saturated rings. The van der Waals surface area contributed by atoms with Crippen molar-refractivity contribution in [3.63, 3.8) is 0 Å². The molecular weight excluding hydrogens is 478 g/mol. The second-order valence-electron chi connectivity index (χ2n) is 10.4. The van der Waals surface area contributed by atoms with Gasteiger partial charge in [-0.3, -0.25) is 4.98 Å². The van der Waals surface area contributed by atoms with Gasteiger partial charge in [0.15, 0.2) is 0 Å². The highest BCUT2D eigenvalue weighted by Gasteiger charge is 2.25. The van der Waals surface area contributed by atoms with Crippen LogP contribution in [0.5, 0.6) is 5.75 Å². The summed E-state index contributed by atoms with van der Waals surface area (Å²) in [6, 6.07) is 4.39. The van der Waals surface area contributed by atoms with Crippen LogP contribution in [0.4, 0.5) is 0 Å². The number of nitrogens with zero attached hydrogens (tertiary/aromatic N) is 4. The highest BCUT2D eigenvalue weighted by molar-refractivity contribution is 6.05. The summed E-state index contributed by atoms with van der Waals surface area (Å²) in [7, 11) is 1.72. The van der Waals surface area contributed by atoms with Gasteiger partial charge in [-0.15, -0.1) is 0 Å². The lowest BCUT2D eigenvalue weighted by atomic mass is 9.98. The number of hydrogen-bond acceptors (Lipinski definition) is 7. The van der Waals surface area contributed by atoms with Crippen molar-refractivity contribution in [2.75, 3.05) is 26.8 Å². The monoisotopic (exact) mass is 513 g/mol. The lowest BCUT2D eigenvalue weighted by molar-refractivity contribution is 0.174. The van der Waals surface area contributed by atoms with Crippen molar-refractivity contribution in [1.82, 2.24) is 25.0 Å². The van der Waals surface area contributed by atoms with Gasteiger partial charge in [0.25, 0.3) is 0 Å². The maximum absolute atomic E-state index is 6.57. The molecule has 1 N–H and O–H groups in total. The third-order valence-electron chi connectivity index (χ3n) is 7.87. The van der Waals surface area contributed by atoms with Crippen LogP contribution < -0.4 is 10.1 Å². The summed E-state index contributed by atoms with van der Waals surface area (Å²) in [6.07, 6.45) is 11.7. The summed E-state index contributed by atoms with van der Waals surface area (Å²) in [6.45, 7) is 9.27. The molecule has 8 nitrogen and oxygen atoms in total. The second kappa shape index (κ2) is 10.3. The molecule has 2 unspecified atom stereocenters. The summed E-state index contributed by atoms with van der Waals surface area (Å²) in [4.78, 5) is 9.81. The zero-order chi connectivity index (χ0) is 26.2. The van der Waals surface area contributed by atoms with Gasteiger partial charge in [-0.2, -0.15) is 0 Å². The van der Waals surface area contributed by atoms with Crippen LogP contribution in [0.2, 0.25) is 0 Å². The van der Waals surface area contributed by atoms with Crippen molar-refractivity contribution in [3.8, 4) is 16.9 Å². The Balaban J connectivity index is 1.56. The Hall–Kier alpha value is -3.49. The number of pyridine rings is 1. The average Bonchev–Trinajstić information content (AvgIpc) is 3.66. The van der Waals surface area contributed by atoms with Gasteiger partial charge in [-0.05, 0) is 64.3 Å². The zero-order valence-corrected chi connectivity index (χ0v) is 22.6. The van der Waals surface area contributed by atoms with E-state index in [4.69, 9.17) is 24.0 Å². The van der Waals surface area contributed by atoms with Crippen molar-refractivity contribution in [2.45, 2.75) is 52.7 Å². The van der Waals surface area contributed by atoms with Crippen molar-refractivity contribution < 1.29 is 14.0 Å². The molecule has 8 heteroatoms. The molecule has 0 radical (unpaired) electrons. The highest BCUT2D eigenvalue weighted by atomic mass is 16.5. The van der Waals surface area contributed by atoms with E-state index in [0.717, 1.165) is 88.4 Å². The van der Waals surface area contributed by atoms with Crippen LogP contribution in [0, 0.1) is 19.8 Å². The Kier molecular flexibility index (Phi) is 6.76. The molecule has 0 bridgehead atoms. The molecule has 1 aliphatic carbocycles. The number of aryl methyl sites for hydroxylation is 2. The maximum Gasteiger partial charge on any atom is 0.141 e. The lowest BCUT2D eigenvalue weighted by Gasteiger charge is -2.23. The van der Waals surface area contributed by atoms with Gasteiger partial charge < -0.3 is 23.9 Å². The SMILES string of the molecule is COCc1nc2cnc3cc(-c4c(C)noc4C)c(OCC4CCNC4)cc3c2n1C(C)C1=CC=CCC1. The summed E-state index contributed by atoms with van der Waals surface area (Å²) >= 11 is 0. The molecule has 6 rings (SSSR count). The molecular formula is C30H35N5O3. The number of fused-ring (bicyclic) bond motifs is 3. The quantitative estimate of drug-likeness (QED) is 0.317. The molecule has 2 atom stereocenters. The fraction of sp³-hybridized carbons (Fsp3) is 0.433. The zero-order valence-electron chi connectivity index (χ0n) is 22.6. The molecule has 0 spiro atoms. The van der Waals surface area contributed by atoms with Crippen molar-refractivity contribution in [1.29, 1.82) is 0 Å². The van der Waals surface area contributed by atoms with Crippen LogP contribution in [0.3, 0.4) is 0 Å². The first-order valence-electron chi connectivity index (χ1n) is 13.5. The van der Waals surface area contributed by atoms with Gasteiger partial charge in [-0.1, -0.05) is 23.4 Å². The number of ether oxygens (including phenoxy) is 2. The summed E-state index contributed by atoms with van der Waals surface area (Å²) in [5.74, 6) is 2.98. The lowest BCUT2D eigenvalue weighted by Crippen LogP contribution is -2.16. The second-order valence-corrected chi connectivity index (χ2v) is 10.4. The molecule has 1 aliphatic heterocycles. The first kappa shape index (κ1) is 24.8. The van der Waals surface area contributed by atoms with E-state index in [2.05, 4.69) is 52.3 Å². The van der Waals surface area contributed by atoms with Crippen LogP contribution in [0.15, 0.2) is 46.7 Å². The van der Waals surface area contributed by atoms with E-state index in [0.29, 0.717) is 19.1 Å². The molecule has 1 saturated heterocycles. The molecule has 38 heavy (non-hydrogen) atoms. The third kappa shape index (κ3) is 4.41. The van der Waals surface area contributed by atoms with Gasteiger partial charge in [0, 0.05) is 30.5 Å². The maximum atomic E-state index is 6.57.